The number of nitrogens with one attached hydrogen (secondary N) is 1. The first-order valence-electron chi connectivity index (χ1n) is 6.27. The van der Waals surface area contributed by atoms with Crippen molar-refractivity contribution in [3.05, 3.63) is 28.0 Å². The van der Waals surface area contributed by atoms with Gasteiger partial charge in [-0.25, -0.2) is 0 Å². The van der Waals surface area contributed by atoms with Gasteiger partial charge in [-0.1, -0.05) is 12.8 Å². The average molecular weight is 282 g/mol. The predicted molar refractivity (Wildman–Crippen MR) is 66.2 cm³/mol. The van der Waals surface area contributed by atoms with Gasteiger partial charge in [0.05, 0.1) is 12.0 Å². The highest BCUT2D eigenvalue weighted by Gasteiger charge is 2.32. The van der Waals surface area contributed by atoms with Gasteiger partial charge in [0.1, 0.15) is 4.92 Å². The zero-order valence-corrected chi connectivity index (χ0v) is 10.6. The first-order valence-corrected chi connectivity index (χ1v) is 6.27. The Balaban J connectivity index is 2.05. The lowest BCUT2D eigenvalue weighted by molar-refractivity contribution is -0.402. The number of nitrogens with zero attached hydrogens (tertiary/aromatic N) is 1. The molecule has 2 unspecified atom stereocenters. The number of aliphatic carboxylic acids is 1. The van der Waals surface area contributed by atoms with E-state index in [-0.39, 0.29) is 5.76 Å². The molecule has 0 radical (unpaired) electrons. The smallest absolute Gasteiger partial charge is 0.433 e. The molecule has 108 valence electrons. The number of carbonyl (C=O) groups is 2. The van der Waals surface area contributed by atoms with Crippen LogP contribution in [0.15, 0.2) is 16.5 Å². The quantitative estimate of drug-likeness (QED) is 0.638. The standard InChI is InChI=1S/C12H14N2O6/c15-11(9-5-6-10(20-9)14(18)19)13-8-4-2-1-3-7(8)12(16)17/h5-8H,1-4H2,(H,13,15)(H,16,17). The summed E-state index contributed by atoms with van der Waals surface area (Å²) >= 11 is 0. The highest BCUT2D eigenvalue weighted by atomic mass is 16.6. The van der Waals surface area contributed by atoms with E-state index in [4.69, 9.17) is 9.52 Å². The summed E-state index contributed by atoms with van der Waals surface area (Å²) in [5, 5.41) is 22.2. The van der Waals surface area contributed by atoms with E-state index in [1.165, 1.54) is 6.07 Å². The maximum atomic E-state index is 11.9. The molecule has 2 rings (SSSR count). The van der Waals surface area contributed by atoms with Gasteiger partial charge in [0.15, 0.2) is 5.76 Å². The van der Waals surface area contributed by atoms with E-state index in [2.05, 4.69) is 5.32 Å². The van der Waals surface area contributed by atoms with Crippen molar-refractivity contribution in [2.45, 2.75) is 31.7 Å². The lowest BCUT2D eigenvalue weighted by atomic mass is 9.84. The van der Waals surface area contributed by atoms with Crippen LogP contribution in [0.1, 0.15) is 36.2 Å². The molecule has 0 aliphatic heterocycles. The van der Waals surface area contributed by atoms with Gasteiger partial charge >= 0.3 is 11.9 Å². The Morgan fingerprint density at radius 3 is 2.65 bits per heavy atom. The van der Waals surface area contributed by atoms with E-state index in [0.717, 1.165) is 18.9 Å². The SMILES string of the molecule is O=C(NC1CCCCC1C(=O)O)c1ccc([N+](=O)[O-])o1. The molecular formula is C12H14N2O6. The average Bonchev–Trinajstić information content (AvgIpc) is 2.89. The number of carboxylic acids is 1. The largest absolute Gasteiger partial charge is 0.481 e. The third-order valence-electron chi connectivity index (χ3n) is 3.40. The fourth-order valence-corrected chi connectivity index (χ4v) is 2.39. The molecule has 8 nitrogen and oxygen atoms in total. The van der Waals surface area contributed by atoms with Gasteiger partial charge in [-0.3, -0.25) is 19.7 Å². The van der Waals surface area contributed by atoms with Crippen molar-refractivity contribution in [1.82, 2.24) is 5.32 Å². The predicted octanol–water partition coefficient (Wildman–Crippen LogP) is 1.56. The minimum atomic E-state index is -0.944. The molecular weight excluding hydrogens is 268 g/mol. The molecule has 2 atom stereocenters. The number of hydrogen-bond acceptors (Lipinski definition) is 5. The fraction of sp³-hybridized carbons (Fsp3) is 0.500. The summed E-state index contributed by atoms with van der Waals surface area (Å²) in [7, 11) is 0. The Hall–Kier alpha value is -2.38. The molecule has 1 aromatic rings. The lowest BCUT2D eigenvalue weighted by Crippen LogP contribution is -2.45. The van der Waals surface area contributed by atoms with Crippen molar-refractivity contribution < 1.29 is 24.0 Å². The minimum Gasteiger partial charge on any atom is -0.481 e. The number of carbonyl (C=O) groups excluding carboxylic acids is 1. The van der Waals surface area contributed by atoms with Crippen LogP contribution < -0.4 is 5.32 Å². The molecule has 1 aromatic heterocycles. The molecule has 0 aromatic carbocycles. The molecule has 1 heterocycles. The van der Waals surface area contributed by atoms with Gasteiger partial charge in [-0.2, -0.15) is 0 Å². The fourth-order valence-electron chi connectivity index (χ4n) is 2.39. The van der Waals surface area contributed by atoms with E-state index in [1.807, 2.05) is 0 Å². The van der Waals surface area contributed by atoms with Gasteiger partial charge in [0, 0.05) is 6.04 Å². The van der Waals surface area contributed by atoms with Crippen molar-refractivity contribution in [1.29, 1.82) is 0 Å². The van der Waals surface area contributed by atoms with E-state index in [9.17, 15) is 19.7 Å². The molecule has 2 N–H and O–H groups in total. The second kappa shape index (κ2) is 5.72. The molecule has 20 heavy (non-hydrogen) atoms. The Kier molecular flexibility index (Phi) is 4.02. The summed E-state index contributed by atoms with van der Waals surface area (Å²) in [4.78, 5) is 32.7. The Morgan fingerprint density at radius 1 is 1.35 bits per heavy atom. The summed E-state index contributed by atoms with van der Waals surface area (Å²) in [5.74, 6) is -2.91. The first-order chi connectivity index (χ1) is 9.49. The van der Waals surface area contributed by atoms with Crippen LogP contribution in [0, 0.1) is 16.0 Å². The van der Waals surface area contributed by atoms with Gasteiger partial charge in [0.2, 0.25) is 0 Å². The maximum absolute atomic E-state index is 11.9. The summed E-state index contributed by atoms with van der Waals surface area (Å²) in [6.45, 7) is 0. The van der Waals surface area contributed by atoms with Crippen LogP contribution in [0.5, 0.6) is 0 Å². The molecule has 0 bridgehead atoms. The monoisotopic (exact) mass is 282 g/mol. The molecule has 0 spiro atoms. The second-order valence-corrected chi connectivity index (χ2v) is 4.70. The van der Waals surface area contributed by atoms with E-state index in [0.29, 0.717) is 12.8 Å². The van der Waals surface area contributed by atoms with E-state index >= 15 is 0 Å². The number of amides is 1. The van der Waals surface area contributed by atoms with Crippen molar-refractivity contribution in [3.8, 4) is 0 Å². The molecule has 1 amide bonds. The summed E-state index contributed by atoms with van der Waals surface area (Å²) in [5.41, 5.74) is 0. The van der Waals surface area contributed by atoms with Crippen LogP contribution in [-0.4, -0.2) is 27.9 Å². The minimum absolute atomic E-state index is 0.189. The number of rotatable bonds is 4. The van der Waals surface area contributed by atoms with Gasteiger partial charge in [-0.05, 0) is 18.9 Å². The van der Waals surface area contributed by atoms with Crippen molar-refractivity contribution in [2.24, 2.45) is 5.92 Å². The second-order valence-electron chi connectivity index (χ2n) is 4.70. The third-order valence-corrected chi connectivity index (χ3v) is 3.40. The lowest BCUT2D eigenvalue weighted by Gasteiger charge is -2.28. The van der Waals surface area contributed by atoms with Gasteiger partial charge in [-0.15, -0.1) is 0 Å². The van der Waals surface area contributed by atoms with Crippen LogP contribution in [0.25, 0.3) is 0 Å². The van der Waals surface area contributed by atoms with E-state index < -0.39 is 34.6 Å². The Morgan fingerprint density at radius 2 is 2.05 bits per heavy atom. The molecule has 0 saturated heterocycles. The highest BCUT2D eigenvalue weighted by Crippen LogP contribution is 2.25. The van der Waals surface area contributed by atoms with Crippen LogP contribution in [0.4, 0.5) is 5.88 Å². The van der Waals surface area contributed by atoms with Crippen molar-refractivity contribution in [2.75, 3.05) is 0 Å². The number of furan rings is 1. The summed E-state index contributed by atoms with van der Waals surface area (Å²) < 4.78 is 4.79. The first kappa shape index (κ1) is 14.0. The molecule has 1 aliphatic carbocycles. The van der Waals surface area contributed by atoms with Crippen LogP contribution in [0.3, 0.4) is 0 Å². The highest BCUT2D eigenvalue weighted by molar-refractivity contribution is 5.92. The van der Waals surface area contributed by atoms with Crippen LogP contribution >= 0.6 is 0 Å². The molecule has 1 saturated carbocycles. The third kappa shape index (κ3) is 2.95. The summed E-state index contributed by atoms with van der Waals surface area (Å²) in [6.07, 6.45) is 2.74. The summed E-state index contributed by atoms with van der Waals surface area (Å²) in [6, 6.07) is 1.81. The van der Waals surface area contributed by atoms with Crippen molar-refractivity contribution in [3.63, 3.8) is 0 Å². The topological polar surface area (TPSA) is 123 Å². The normalized spacial score (nSPS) is 22.2. The van der Waals surface area contributed by atoms with E-state index in [1.54, 1.807) is 0 Å². The Labute approximate surface area is 113 Å². The molecule has 1 aliphatic rings. The van der Waals surface area contributed by atoms with Crippen molar-refractivity contribution >= 4 is 17.8 Å². The van der Waals surface area contributed by atoms with Crippen LogP contribution in [0.2, 0.25) is 0 Å². The van der Waals surface area contributed by atoms with Crippen LogP contribution in [-0.2, 0) is 4.79 Å². The Bertz CT molecular complexity index is 538. The van der Waals surface area contributed by atoms with Gasteiger partial charge in [0.25, 0.3) is 5.91 Å². The maximum Gasteiger partial charge on any atom is 0.433 e. The molecule has 8 heteroatoms. The molecule has 1 fully saturated rings. The number of hydrogen-bond donors (Lipinski definition) is 2. The van der Waals surface area contributed by atoms with Gasteiger partial charge < -0.3 is 14.8 Å². The number of carboxylic acid groups (broad SMARTS) is 1. The number of nitro groups is 1. The zero-order valence-electron chi connectivity index (χ0n) is 10.6. The zero-order chi connectivity index (χ0) is 14.7.